The minimum atomic E-state index is -1.74. The molecule has 0 heterocycles. The van der Waals surface area contributed by atoms with Gasteiger partial charge in [0.2, 0.25) is 8.32 Å². The van der Waals surface area contributed by atoms with Gasteiger partial charge in [0.1, 0.15) is 11.5 Å². The molecule has 0 rings (SSSR count). The third kappa shape index (κ3) is 7.90. The Morgan fingerprint density at radius 1 is 1.45 bits per heavy atom. The van der Waals surface area contributed by atoms with E-state index in [0.717, 1.165) is 0 Å². The summed E-state index contributed by atoms with van der Waals surface area (Å²) in [5, 5.41) is 0. The smallest absolute Gasteiger partial charge is 0.205 e. The van der Waals surface area contributed by atoms with Crippen LogP contribution in [0.15, 0.2) is 0 Å². The minimum Gasteiger partial charge on any atom is -0.335 e. The van der Waals surface area contributed by atoms with Crippen LogP contribution >= 0.6 is 0 Å². The van der Waals surface area contributed by atoms with Crippen LogP contribution in [-0.2, 0) is 19.7 Å². The van der Waals surface area contributed by atoms with E-state index in [2.05, 4.69) is 0 Å². The largest absolute Gasteiger partial charge is 0.335 e. The highest BCUT2D eigenvalue weighted by Crippen LogP contribution is 2.05. The summed E-state index contributed by atoms with van der Waals surface area (Å²) in [4.78, 5) is 10.5. The van der Waals surface area contributed by atoms with Crippen molar-refractivity contribution in [1.82, 2.24) is 0 Å². The highest BCUT2D eigenvalue weighted by atomic mass is 32.2. The molecule has 0 spiro atoms. The van der Waals surface area contributed by atoms with Gasteiger partial charge in [0, 0.05) is 0 Å². The predicted molar refractivity (Wildman–Crippen MR) is 48.1 cm³/mol. The van der Waals surface area contributed by atoms with Crippen LogP contribution in [0.5, 0.6) is 0 Å². The zero-order valence-electron chi connectivity index (χ0n) is 7.34. The summed E-state index contributed by atoms with van der Waals surface area (Å²) in [6.07, 6.45) is 0. The molecular formula is C6H14O3SSi. The number of carbonyl (C=O) groups excluding carboxylic acids is 1. The molecule has 11 heavy (non-hydrogen) atoms. The molecule has 1 atom stereocenters. The molecule has 1 unspecified atom stereocenters. The Bertz CT molecular complexity index is 173. The first-order valence-electron chi connectivity index (χ1n) is 3.38. The Kier molecular flexibility index (Phi) is 4.13. The second kappa shape index (κ2) is 4.13. The summed E-state index contributed by atoms with van der Waals surface area (Å²) in [6.45, 7) is 7.21. The number of hydrogen-bond acceptors (Lipinski definition) is 3. The molecule has 0 saturated heterocycles. The molecular weight excluding hydrogens is 180 g/mol. The standard InChI is InChI=1S/C6H14O3SSi/c1-6(7)5-10(8)9-11(2,3)4/h5H2,1-4H3. The monoisotopic (exact) mass is 194 g/mol. The van der Waals surface area contributed by atoms with Crippen molar-refractivity contribution < 1.29 is 12.9 Å². The van der Waals surface area contributed by atoms with Crippen LogP contribution in [0, 0.1) is 0 Å². The van der Waals surface area contributed by atoms with E-state index in [0.29, 0.717) is 0 Å². The Morgan fingerprint density at radius 2 is 1.91 bits per heavy atom. The lowest BCUT2D eigenvalue weighted by molar-refractivity contribution is -0.114. The van der Waals surface area contributed by atoms with E-state index in [-0.39, 0.29) is 11.5 Å². The average Bonchev–Trinajstić information content (AvgIpc) is 1.53. The van der Waals surface area contributed by atoms with E-state index in [1.807, 2.05) is 19.6 Å². The topological polar surface area (TPSA) is 43.4 Å². The molecule has 0 aliphatic rings. The van der Waals surface area contributed by atoms with Gasteiger partial charge in [-0.3, -0.25) is 4.79 Å². The molecule has 66 valence electrons. The van der Waals surface area contributed by atoms with Gasteiger partial charge in [-0.15, -0.1) is 0 Å². The van der Waals surface area contributed by atoms with Crippen molar-refractivity contribution >= 4 is 25.2 Å². The molecule has 0 bridgehead atoms. The van der Waals surface area contributed by atoms with E-state index in [1.54, 1.807) is 0 Å². The van der Waals surface area contributed by atoms with Crippen molar-refractivity contribution in [2.45, 2.75) is 26.6 Å². The first-order chi connectivity index (χ1) is 4.81. The van der Waals surface area contributed by atoms with Gasteiger partial charge in [-0.05, 0) is 26.6 Å². The number of hydrogen-bond donors (Lipinski definition) is 0. The summed E-state index contributed by atoms with van der Waals surface area (Å²) < 4.78 is 16.1. The maximum atomic E-state index is 11.0. The predicted octanol–water partition coefficient (Wildman–Crippen LogP) is 1.09. The van der Waals surface area contributed by atoms with Crippen LogP contribution in [0.2, 0.25) is 19.6 Å². The van der Waals surface area contributed by atoms with Crippen LogP contribution in [0.3, 0.4) is 0 Å². The molecule has 5 heteroatoms. The summed E-state index contributed by atoms with van der Waals surface area (Å²) in [7, 11) is -1.74. The summed E-state index contributed by atoms with van der Waals surface area (Å²) in [5.41, 5.74) is 0. The van der Waals surface area contributed by atoms with Gasteiger partial charge >= 0.3 is 0 Å². The average molecular weight is 194 g/mol. The van der Waals surface area contributed by atoms with E-state index in [9.17, 15) is 9.00 Å². The van der Waals surface area contributed by atoms with Gasteiger partial charge < -0.3 is 3.87 Å². The van der Waals surface area contributed by atoms with Crippen molar-refractivity contribution in [2.24, 2.45) is 0 Å². The molecule has 0 aromatic heterocycles. The molecule has 3 nitrogen and oxygen atoms in total. The van der Waals surface area contributed by atoms with Crippen molar-refractivity contribution in [1.29, 1.82) is 0 Å². The molecule has 0 saturated carbocycles. The fourth-order valence-electron chi connectivity index (χ4n) is 0.474. The van der Waals surface area contributed by atoms with Crippen molar-refractivity contribution in [3.8, 4) is 0 Å². The van der Waals surface area contributed by atoms with Crippen LogP contribution in [-0.4, -0.2) is 24.1 Å². The summed E-state index contributed by atoms with van der Waals surface area (Å²) >= 11 is -1.41. The van der Waals surface area contributed by atoms with Crippen molar-refractivity contribution in [3.63, 3.8) is 0 Å². The number of rotatable bonds is 4. The maximum absolute atomic E-state index is 11.0. The zero-order valence-corrected chi connectivity index (χ0v) is 9.16. The molecule has 0 radical (unpaired) electrons. The molecule has 0 aliphatic carbocycles. The lowest BCUT2D eigenvalue weighted by Gasteiger charge is -2.14. The second-order valence-electron chi connectivity index (χ2n) is 3.35. The Labute approximate surface area is 70.9 Å². The first-order valence-corrected chi connectivity index (χ1v) is 8.04. The maximum Gasteiger partial charge on any atom is 0.205 e. The highest BCUT2D eigenvalue weighted by molar-refractivity contribution is 7.82. The lowest BCUT2D eigenvalue weighted by Crippen LogP contribution is -2.28. The van der Waals surface area contributed by atoms with Gasteiger partial charge in [0.25, 0.3) is 0 Å². The Hall–Kier alpha value is -0.00312. The van der Waals surface area contributed by atoms with Gasteiger partial charge in [-0.1, -0.05) is 0 Å². The Balaban J connectivity index is 3.80. The fraction of sp³-hybridized carbons (Fsp3) is 0.833. The van der Waals surface area contributed by atoms with Crippen LogP contribution in [0.1, 0.15) is 6.92 Å². The van der Waals surface area contributed by atoms with Crippen LogP contribution in [0.4, 0.5) is 0 Å². The summed E-state index contributed by atoms with van der Waals surface area (Å²) in [5.74, 6) is -0.0776. The van der Waals surface area contributed by atoms with Gasteiger partial charge in [-0.2, -0.15) is 0 Å². The van der Waals surface area contributed by atoms with Gasteiger partial charge in [-0.25, -0.2) is 4.21 Å². The van der Waals surface area contributed by atoms with Gasteiger partial charge in [0.15, 0.2) is 11.1 Å². The Morgan fingerprint density at radius 3 is 2.18 bits per heavy atom. The quantitative estimate of drug-likeness (QED) is 0.629. The molecule has 0 amide bonds. The summed E-state index contributed by atoms with van der Waals surface area (Å²) in [6, 6.07) is 0. The molecule has 0 aromatic rings. The molecule has 0 fully saturated rings. The van der Waals surface area contributed by atoms with E-state index < -0.39 is 19.4 Å². The molecule has 0 N–H and O–H groups in total. The first kappa shape index (κ1) is 11.0. The lowest BCUT2D eigenvalue weighted by atomic mass is 10.5. The van der Waals surface area contributed by atoms with Gasteiger partial charge in [0.05, 0.1) is 0 Å². The van der Waals surface area contributed by atoms with E-state index in [1.165, 1.54) is 6.92 Å². The SMILES string of the molecule is CC(=O)CS(=O)O[Si](C)(C)C. The highest BCUT2D eigenvalue weighted by Gasteiger charge is 2.19. The van der Waals surface area contributed by atoms with Crippen molar-refractivity contribution in [3.05, 3.63) is 0 Å². The van der Waals surface area contributed by atoms with E-state index >= 15 is 0 Å². The van der Waals surface area contributed by atoms with Crippen molar-refractivity contribution in [2.75, 3.05) is 5.75 Å². The third-order valence-corrected chi connectivity index (χ3v) is 4.05. The zero-order chi connectivity index (χ0) is 9.07. The van der Waals surface area contributed by atoms with Crippen LogP contribution < -0.4 is 0 Å². The van der Waals surface area contributed by atoms with Crippen LogP contribution in [0.25, 0.3) is 0 Å². The normalized spacial score (nSPS) is 14.5. The molecule has 0 aliphatic heterocycles. The van der Waals surface area contributed by atoms with E-state index in [4.69, 9.17) is 3.87 Å². The number of ketones is 1. The fourth-order valence-corrected chi connectivity index (χ4v) is 3.27. The minimum absolute atomic E-state index is 0.0181. The number of carbonyl (C=O) groups is 1. The third-order valence-electron chi connectivity index (χ3n) is 0.664. The number of Topliss-reactive ketones (excluding diaryl/α,β-unsaturated/α-hetero) is 1. The molecule has 0 aromatic carbocycles. The second-order valence-corrected chi connectivity index (χ2v) is 9.13.